The van der Waals surface area contributed by atoms with Crippen molar-refractivity contribution in [2.75, 3.05) is 38.7 Å². The molecule has 1 saturated heterocycles. The molecule has 1 N–H and O–H groups in total. The molecular weight excluding hydrogens is 230 g/mol. The Morgan fingerprint density at radius 1 is 1.22 bits per heavy atom. The van der Waals surface area contributed by atoms with E-state index in [1.54, 1.807) is 0 Å². The van der Waals surface area contributed by atoms with Crippen LogP contribution in [0.15, 0.2) is 12.4 Å². The number of hydrogen-bond donors (Lipinski definition) is 1. The van der Waals surface area contributed by atoms with Crippen molar-refractivity contribution in [2.45, 2.75) is 20.0 Å². The molecule has 0 radical (unpaired) electrons. The first-order valence-corrected chi connectivity index (χ1v) is 6.32. The molecule has 0 saturated carbocycles. The van der Waals surface area contributed by atoms with Gasteiger partial charge in [0.1, 0.15) is 12.1 Å². The summed E-state index contributed by atoms with van der Waals surface area (Å²) in [7, 11) is 2.14. The van der Waals surface area contributed by atoms with Gasteiger partial charge in [0.2, 0.25) is 5.88 Å². The lowest BCUT2D eigenvalue weighted by molar-refractivity contribution is 0.178. The number of aromatic nitrogens is 2. The number of hydrazine groups is 1. The quantitative estimate of drug-likeness (QED) is 0.856. The molecular formula is C12H21N5O. The largest absolute Gasteiger partial charge is 0.475 e. The number of hydrogen-bond acceptors (Lipinski definition) is 6. The highest BCUT2D eigenvalue weighted by molar-refractivity contribution is 5.36. The summed E-state index contributed by atoms with van der Waals surface area (Å²) in [4.78, 5) is 10.6. The summed E-state index contributed by atoms with van der Waals surface area (Å²) >= 11 is 0. The highest BCUT2D eigenvalue weighted by Gasteiger charge is 2.14. The van der Waals surface area contributed by atoms with Gasteiger partial charge in [0.15, 0.2) is 0 Å². The van der Waals surface area contributed by atoms with Crippen molar-refractivity contribution in [1.29, 1.82) is 0 Å². The third-order valence-electron chi connectivity index (χ3n) is 2.77. The molecule has 1 aliphatic rings. The van der Waals surface area contributed by atoms with E-state index in [0.29, 0.717) is 5.88 Å². The zero-order chi connectivity index (χ0) is 13.0. The topological polar surface area (TPSA) is 53.5 Å². The summed E-state index contributed by atoms with van der Waals surface area (Å²) in [5.41, 5.74) is 3.29. The van der Waals surface area contributed by atoms with Crippen LogP contribution in [0.2, 0.25) is 0 Å². The molecule has 1 aliphatic heterocycles. The van der Waals surface area contributed by atoms with E-state index in [-0.39, 0.29) is 6.10 Å². The molecule has 100 valence electrons. The lowest BCUT2D eigenvalue weighted by atomic mass is 10.4. The van der Waals surface area contributed by atoms with E-state index >= 15 is 0 Å². The predicted molar refractivity (Wildman–Crippen MR) is 70.5 cm³/mol. The minimum absolute atomic E-state index is 0.122. The Balaban J connectivity index is 1.92. The van der Waals surface area contributed by atoms with Crippen LogP contribution < -0.4 is 10.2 Å². The fourth-order valence-corrected chi connectivity index (χ4v) is 1.79. The number of piperazine rings is 1. The second-order valence-electron chi connectivity index (χ2n) is 4.81. The highest BCUT2D eigenvalue weighted by atomic mass is 16.5. The first kappa shape index (κ1) is 13.0. The average molecular weight is 251 g/mol. The fraction of sp³-hybridized carbons (Fsp3) is 0.667. The van der Waals surface area contributed by atoms with Crippen LogP contribution in [0.5, 0.6) is 5.88 Å². The number of likely N-dealkylation sites (N-methyl/N-ethyl adjacent to an activating group) is 1. The Hall–Kier alpha value is -1.40. The summed E-state index contributed by atoms with van der Waals surface area (Å²) in [6.45, 7) is 8.06. The van der Waals surface area contributed by atoms with Gasteiger partial charge < -0.3 is 15.1 Å². The Morgan fingerprint density at radius 2 is 1.94 bits per heavy atom. The molecule has 0 aliphatic carbocycles. The number of nitrogens with zero attached hydrogens (tertiary/aromatic N) is 4. The van der Waals surface area contributed by atoms with Crippen LogP contribution in [0.4, 0.5) is 5.82 Å². The number of ether oxygens (including phenoxy) is 1. The number of anilines is 1. The van der Waals surface area contributed by atoms with Gasteiger partial charge in [-0.3, -0.25) is 0 Å². The molecule has 2 heterocycles. The second kappa shape index (κ2) is 5.97. The van der Waals surface area contributed by atoms with Crippen LogP contribution in [0, 0.1) is 0 Å². The van der Waals surface area contributed by atoms with Gasteiger partial charge in [-0.25, -0.2) is 15.0 Å². The molecule has 18 heavy (non-hydrogen) atoms. The van der Waals surface area contributed by atoms with Crippen LogP contribution in [0.3, 0.4) is 0 Å². The van der Waals surface area contributed by atoms with E-state index in [1.165, 1.54) is 6.33 Å². The third kappa shape index (κ3) is 3.82. The lowest BCUT2D eigenvalue weighted by Crippen LogP contribution is -2.47. The molecule has 1 aromatic rings. The molecule has 0 amide bonds. The van der Waals surface area contributed by atoms with Crippen LogP contribution >= 0.6 is 0 Å². The van der Waals surface area contributed by atoms with Crippen molar-refractivity contribution in [3.63, 3.8) is 0 Å². The monoisotopic (exact) mass is 251 g/mol. The molecule has 2 rings (SSSR count). The highest BCUT2D eigenvalue weighted by Crippen LogP contribution is 2.13. The minimum atomic E-state index is 0.122. The van der Waals surface area contributed by atoms with E-state index in [4.69, 9.17) is 4.74 Å². The Morgan fingerprint density at radius 3 is 2.61 bits per heavy atom. The number of rotatable bonds is 4. The maximum Gasteiger partial charge on any atom is 0.218 e. The van der Waals surface area contributed by atoms with Crippen molar-refractivity contribution in [3.8, 4) is 5.88 Å². The smallest absolute Gasteiger partial charge is 0.218 e. The Labute approximate surface area is 108 Å². The van der Waals surface area contributed by atoms with Crippen LogP contribution in [-0.2, 0) is 0 Å². The minimum Gasteiger partial charge on any atom is -0.475 e. The summed E-state index contributed by atoms with van der Waals surface area (Å²) < 4.78 is 5.54. The maximum atomic E-state index is 5.54. The third-order valence-corrected chi connectivity index (χ3v) is 2.77. The van der Waals surface area contributed by atoms with Crippen LogP contribution in [0.1, 0.15) is 13.8 Å². The van der Waals surface area contributed by atoms with E-state index in [1.807, 2.05) is 19.9 Å². The zero-order valence-electron chi connectivity index (χ0n) is 11.3. The predicted octanol–water partition coefficient (Wildman–Crippen LogP) is 0.838. The van der Waals surface area contributed by atoms with Crippen molar-refractivity contribution < 1.29 is 4.74 Å². The molecule has 0 unspecified atom stereocenters. The average Bonchev–Trinajstić information content (AvgIpc) is 2.32. The SMILES string of the molecule is CC(C)Oc1cc(NN2CCN(C)CC2)ncn1. The van der Waals surface area contributed by atoms with Gasteiger partial charge in [0.25, 0.3) is 0 Å². The van der Waals surface area contributed by atoms with E-state index < -0.39 is 0 Å². The molecule has 1 aromatic heterocycles. The second-order valence-corrected chi connectivity index (χ2v) is 4.81. The lowest BCUT2D eigenvalue weighted by Gasteiger charge is -2.32. The molecule has 1 fully saturated rings. The summed E-state index contributed by atoms with van der Waals surface area (Å²) in [6, 6.07) is 1.83. The van der Waals surface area contributed by atoms with Crippen molar-refractivity contribution in [3.05, 3.63) is 12.4 Å². The van der Waals surface area contributed by atoms with Gasteiger partial charge in [-0.2, -0.15) is 0 Å². The van der Waals surface area contributed by atoms with Gasteiger partial charge in [-0.05, 0) is 20.9 Å². The van der Waals surface area contributed by atoms with Gasteiger partial charge in [0.05, 0.1) is 6.10 Å². The molecule has 0 bridgehead atoms. The molecule has 0 atom stereocenters. The fourth-order valence-electron chi connectivity index (χ4n) is 1.79. The maximum absolute atomic E-state index is 5.54. The van der Waals surface area contributed by atoms with Crippen LogP contribution in [0.25, 0.3) is 0 Å². The van der Waals surface area contributed by atoms with Gasteiger partial charge in [-0.15, -0.1) is 0 Å². The summed E-state index contributed by atoms with van der Waals surface area (Å²) in [6.07, 6.45) is 1.65. The molecule has 6 heteroatoms. The van der Waals surface area contributed by atoms with E-state index in [0.717, 1.165) is 32.0 Å². The Bertz CT molecular complexity index is 376. The van der Waals surface area contributed by atoms with Crippen molar-refractivity contribution in [2.24, 2.45) is 0 Å². The number of nitrogens with one attached hydrogen (secondary N) is 1. The van der Waals surface area contributed by atoms with Crippen LogP contribution in [-0.4, -0.2) is 59.2 Å². The first-order valence-electron chi connectivity index (χ1n) is 6.32. The van der Waals surface area contributed by atoms with Gasteiger partial charge >= 0.3 is 0 Å². The molecule has 6 nitrogen and oxygen atoms in total. The van der Waals surface area contributed by atoms with Gasteiger partial charge in [-0.1, -0.05) is 0 Å². The molecule has 0 spiro atoms. The van der Waals surface area contributed by atoms with E-state index in [9.17, 15) is 0 Å². The Kier molecular flexibility index (Phi) is 4.33. The first-order chi connectivity index (χ1) is 8.63. The van der Waals surface area contributed by atoms with Crippen molar-refractivity contribution in [1.82, 2.24) is 19.9 Å². The summed E-state index contributed by atoms with van der Waals surface area (Å²) in [5.74, 6) is 1.39. The normalized spacial score (nSPS) is 18.0. The summed E-state index contributed by atoms with van der Waals surface area (Å²) in [5, 5.41) is 2.17. The van der Waals surface area contributed by atoms with E-state index in [2.05, 4.69) is 32.4 Å². The van der Waals surface area contributed by atoms with Crippen molar-refractivity contribution >= 4 is 5.82 Å². The van der Waals surface area contributed by atoms with Gasteiger partial charge in [0, 0.05) is 32.2 Å². The zero-order valence-corrected chi connectivity index (χ0v) is 11.3. The standard InChI is InChI=1S/C12H21N5O/c1-10(2)18-12-8-11(13-9-14-12)15-17-6-4-16(3)5-7-17/h8-10H,4-7H2,1-3H3,(H,13,14,15). The molecule has 0 aromatic carbocycles.